The standard InChI is InChI=1S/C20H25N5O4/c26-20(17-13-25(22-21-17)12-16-2-1-9-27-16)24-7-5-23(6-8-24)11-15-3-4-18-19(10-15)29-14-28-18/h3-4,10,13,16H,1-2,5-9,11-12,14H2. The highest BCUT2D eigenvalue weighted by Gasteiger charge is 2.25. The fourth-order valence-corrected chi connectivity index (χ4v) is 4.05. The van der Waals surface area contributed by atoms with Crippen LogP contribution in [0.5, 0.6) is 11.5 Å². The van der Waals surface area contributed by atoms with Gasteiger partial charge in [0.15, 0.2) is 17.2 Å². The molecule has 2 saturated heterocycles. The maximum atomic E-state index is 12.8. The Labute approximate surface area is 169 Å². The number of aromatic nitrogens is 3. The highest BCUT2D eigenvalue weighted by Crippen LogP contribution is 2.32. The molecule has 154 valence electrons. The van der Waals surface area contributed by atoms with Crippen LogP contribution in [0.3, 0.4) is 0 Å². The molecule has 3 aliphatic rings. The smallest absolute Gasteiger partial charge is 0.276 e. The zero-order chi connectivity index (χ0) is 19.6. The lowest BCUT2D eigenvalue weighted by Crippen LogP contribution is -2.48. The molecule has 1 aromatic carbocycles. The van der Waals surface area contributed by atoms with E-state index in [4.69, 9.17) is 14.2 Å². The van der Waals surface area contributed by atoms with Gasteiger partial charge in [-0.1, -0.05) is 11.3 Å². The van der Waals surface area contributed by atoms with E-state index in [0.717, 1.165) is 50.6 Å². The molecule has 9 nitrogen and oxygen atoms in total. The Morgan fingerprint density at radius 3 is 2.83 bits per heavy atom. The minimum Gasteiger partial charge on any atom is -0.454 e. The number of carbonyl (C=O) groups excluding carboxylic acids is 1. The second-order valence-electron chi connectivity index (χ2n) is 7.72. The summed E-state index contributed by atoms with van der Waals surface area (Å²) in [6, 6.07) is 6.06. The van der Waals surface area contributed by atoms with Crippen LogP contribution >= 0.6 is 0 Å². The summed E-state index contributed by atoms with van der Waals surface area (Å²) in [5.74, 6) is 1.56. The number of fused-ring (bicyclic) bond motifs is 1. The molecule has 29 heavy (non-hydrogen) atoms. The van der Waals surface area contributed by atoms with Gasteiger partial charge in [0.05, 0.1) is 18.8 Å². The van der Waals surface area contributed by atoms with Crippen molar-refractivity contribution in [1.29, 1.82) is 0 Å². The first-order valence-corrected chi connectivity index (χ1v) is 10.2. The average molecular weight is 399 g/mol. The van der Waals surface area contributed by atoms with Crippen molar-refractivity contribution in [1.82, 2.24) is 24.8 Å². The molecular weight excluding hydrogens is 374 g/mol. The number of piperazine rings is 1. The molecule has 1 unspecified atom stereocenters. The largest absolute Gasteiger partial charge is 0.454 e. The molecule has 3 aliphatic heterocycles. The van der Waals surface area contributed by atoms with Crippen molar-refractivity contribution in [3.63, 3.8) is 0 Å². The molecule has 5 rings (SSSR count). The van der Waals surface area contributed by atoms with Crippen molar-refractivity contribution in [2.45, 2.75) is 32.0 Å². The number of ether oxygens (including phenoxy) is 3. The van der Waals surface area contributed by atoms with E-state index >= 15 is 0 Å². The molecule has 2 aromatic rings. The topological polar surface area (TPSA) is 82.0 Å². The maximum Gasteiger partial charge on any atom is 0.276 e. The Bertz CT molecular complexity index is 872. The monoisotopic (exact) mass is 399 g/mol. The van der Waals surface area contributed by atoms with Crippen molar-refractivity contribution in [3.05, 3.63) is 35.7 Å². The highest BCUT2D eigenvalue weighted by atomic mass is 16.7. The predicted octanol–water partition coefficient (Wildman–Crippen LogP) is 1.14. The van der Waals surface area contributed by atoms with Gasteiger partial charge in [0.1, 0.15) is 0 Å². The van der Waals surface area contributed by atoms with Crippen molar-refractivity contribution >= 4 is 5.91 Å². The van der Waals surface area contributed by atoms with Crippen LogP contribution in [0.2, 0.25) is 0 Å². The van der Waals surface area contributed by atoms with Gasteiger partial charge < -0.3 is 19.1 Å². The van der Waals surface area contributed by atoms with E-state index in [-0.39, 0.29) is 18.8 Å². The molecule has 0 spiro atoms. The van der Waals surface area contributed by atoms with E-state index in [0.29, 0.717) is 25.3 Å². The molecule has 1 aromatic heterocycles. The van der Waals surface area contributed by atoms with Gasteiger partial charge >= 0.3 is 0 Å². The molecule has 0 bridgehead atoms. The van der Waals surface area contributed by atoms with Gasteiger partial charge in [-0.05, 0) is 30.5 Å². The minimum absolute atomic E-state index is 0.0497. The average Bonchev–Trinajstić information content (AvgIpc) is 3.50. The van der Waals surface area contributed by atoms with Crippen molar-refractivity contribution in [3.8, 4) is 11.5 Å². The number of hydrogen-bond acceptors (Lipinski definition) is 7. The molecule has 0 N–H and O–H groups in total. The van der Waals surface area contributed by atoms with E-state index in [2.05, 4.69) is 21.3 Å². The molecular formula is C20H25N5O4. The minimum atomic E-state index is -0.0497. The van der Waals surface area contributed by atoms with Crippen LogP contribution in [0.4, 0.5) is 0 Å². The van der Waals surface area contributed by atoms with Crippen molar-refractivity contribution in [2.75, 3.05) is 39.6 Å². The highest BCUT2D eigenvalue weighted by molar-refractivity contribution is 5.92. The first kappa shape index (κ1) is 18.4. The Balaban J connectivity index is 1.13. The SMILES string of the molecule is O=C(c1cn(CC2CCCO2)nn1)N1CCN(Cc2ccc3c(c2)OCO3)CC1. The third kappa shape index (κ3) is 4.06. The Morgan fingerprint density at radius 2 is 2.00 bits per heavy atom. The molecule has 2 fully saturated rings. The van der Waals surface area contributed by atoms with Crippen LogP contribution in [0.25, 0.3) is 0 Å². The van der Waals surface area contributed by atoms with Gasteiger partial charge in [0.2, 0.25) is 6.79 Å². The van der Waals surface area contributed by atoms with E-state index in [1.807, 2.05) is 17.0 Å². The third-order valence-corrected chi connectivity index (χ3v) is 5.68. The summed E-state index contributed by atoms with van der Waals surface area (Å²) in [6.07, 6.45) is 4.04. The summed E-state index contributed by atoms with van der Waals surface area (Å²) in [4.78, 5) is 17.0. The lowest BCUT2D eigenvalue weighted by Gasteiger charge is -2.34. The zero-order valence-corrected chi connectivity index (χ0v) is 16.3. The molecule has 0 saturated carbocycles. The number of hydrogen-bond donors (Lipinski definition) is 0. The molecule has 1 atom stereocenters. The molecule has 0 aliphatic carbocycles. The van der Waals surface area contributed by atoms with Crippen LogP contribution < -0.4 is 9.47 Å². The van der Waals surface area contributed by atoms with Gasteiger partial charge in [-0.2, -0.15) is 0 Å². The number of nitrogens with zero attached hydrogens (tertiary/aromatic N) is 5. The van der Waals surface area contributed by atoms with Crippen LogP contribution in [-0.4, -0.2) is 76.4 Å². The Kier molecular flexibility index (Phi) is 5.07. The van der Waals surface area contributed by atoms with Gasteiger partial charge in [-0.15, -0.1) is 5.10 Å². The van der Waals surface area contributed by atoms with Crippen LogP contribution in [0, 0.1) is 0 Å². The zero-order valence-electron chi connectivity index (χ0n) is 16.3. The van der Waals surface area contributed by atoms with Gasteiger partial charge in [-0.3, -0.25) is 9.69 Å². The maximum absolute atomic E-state index is 12.8. The van der Waals surface area contributed by atoms with Crippen molar-refractivity contribution < 1.29 is 19.0 Å². The van der Waals surface area contributed by atoms with Gasteiger partial charge in [0, 0.05) is 39.3 Å². The summed E-state index contributed by atoms with van der Waals surface area (Å²) in [6.45, 7) is 5.60. The van der Waals surface area contributed by atoms with E-state index in [1.54, 1.807) is 10.9 Å². The first-order valence-electron chi connectivity index (χ1n) is 10.2. The number of rotatable bonds is 5. The summed E-state index contributed by atoms with van der Waals surface area (Å²) in [5, 5.41) is 8.18. The summed E-state index contributed by atoms with van der Waals surface area (Å²) in [7, 11) is 0. The second-order valence-corrected chi connectivity index (χ2v) is 7.72. The van der Waals surface area contributed by atoms with Crippen LogP contribution in [0.15, 0.2) is 24.4 Å². The molecule has 9 heteroatoms. The van der Waals surface area contributed by atoms with E-state index < -0.39 is 0 Å². The fourth-order valence-electron chi connectivity index (χ4n) is 4.05. The quantitative estimate of drug-likeness (QED) is 0.746. The number of carbonyl (C=O) groups is 1. The van der Waals surface area contributed by atoms with Crippen LogP contribution in [0.1, 0.15) is 28.9 Å². The Morgan fingerprint density at radius 1 is 1.14 bits per heavy atom. The lowest BCUT2D eigenvalue weighted by atomic mass is 10.1. The Hall–Kier alpha value is -2.65. The van der Waals surface area contributed by atoms with Gasteiger partial charge in [-0.25, -0.2) is 4.68 Å². The van der Waals surface area contributed by atoms with Crippen molar-refractivity contribution in [2.24, 2.45) is 0 Å². The molecule has 1 amide bonds. The van der Waals surface area contributed by atoms with E-state index in [1.165, 1.54) is 5.56 Å². The van der Waals surface area contributed by atoms with E-state index in [9.17, 15) is 4.79 Å². The van der Waals surface area contributed by atoms with Gasteiger partial charge in [0.25, 0.3) is 5.91 Å². The molecule has 4 heterocycles. The number of amides is 1. The first-order chi connectivity index (χ1) is 14.2. The normalized spacial score (nSPS) is 21.7. The molecule has 0 radical (unpaired) electrons. The second kappa shape index (κ2) is 8.00. The summed E-state index contributed by atoms with van der Waals surface area (Å²) >= 11 is 0. The predicted molar refractivity (Wildman–Crippen MR) is 103 cm³/mol. The summed E-state index contributed by atoms with van der Waals surface area (Å²) in [5.41, 5.74) is 1.60. The fraction of sp³-hybridized carbons (Fsp3) is 0.550. The lowest BCUT2D eigenvalue weighted by molar-refractivity contribution is 0.0622. The van der Waals surface area contributed by atoms with Crippen LogP contribution in [-0.2, 0) is 17.8 Å². The number of benzene rings is 1. The summed E-state index contributed by atoms with van der Waals surface area (Å²) < 4.78 is 18.2. The third-order valence-electron chi connectivity index (χ3n) is 5.68.